The Hall–Kier alpha value is -1.85. The number of amides is 1. The molecule has 4 N–H and O–H groups in total. The number of halogens is 1. The fourth-order valence-corrected chi connectivity index (χ4v) is 6.31. The third-order valence-electron chi connectivity index (χ3n) is 7.09. The van der Waals surface area contributed by atoms with Gasteiger partial charge in [-0.2, -0.15) is 0 Å². The van der Waals surface area contributed by atoms with Crippen LogP contribution in [0.3, 0.4) is 0 Å². The quantitative estimate of drug-likeness (QED) is 0.372. The van der Waals surface area contributed by atoms with Gasteiger partial charge >= 0.3 is 0 Å². The molecule has 3 aliphatic rings. The van der Waals surface area contributed by atoms with E-state index in [0.29, 0.717) is 12.0 Å². The summed E-state index contributed by atoms with van der Waals surface area (Å²) in [5, 5.41) is 21.7. The number of Topliss-reactive ketones (excluding diaryl/α,β-unsaturated/α-hetero) is 3. The largest absolute Gasteiger partial charge is 0.507 e. The average Bonchev–Trinajstić information content (AvgIpc) is 2.66. The smallest absolute Gasteiger partial charge is 0.228 e. The van der Waals surface area contributed by atoms with E-state index < -0.39 is 58.6 Å². The van der Waals surface area contributed by atoms with Crippen LogP contribution in [0.5, 0.6) is 5.75 Å². The Labute approximate surface area is 186 Å². The molecule has 1 aromatic carbocycles. The van der Waals surface area contributed by atoms with Crippen LogP contribution in [0.4, 0.5) is 0 Å². The summed E-state index contributed by atoms with van der Waals surface area (Å²) in [4.78, 5) is 53.6. The molecule has 2 saturated carbocycles. The highest BCUT2D eigenvalue weighted by atomic mass is 127. The molecule has 0 aromatic heterocycles. The topological polar surface area (TPSA) is 138 Å². The van der Waals surface area contributed by atoms with Gasteiger partial charge in [-0.15, -0.1) is 0 Å². The molecule has 3 aliphatic carbocycles. The second-order valence-corrected chi connectivity index (χ2v) is 9.95. The first-order valence-electron chi connectivity index (χ1n) is 9.81. The number of primary amides is 1. The number of phenolic OH excluding ortho intramolecular Hbond substituents is 1. The third-order valence-corrected chi connectivity index (χ3v) is 8.10. The molecule has 0 bridgehead atoms. The van der Waals surface area contributed by atoms with Crippen molar-refractivity contribution in [1.29, 1.82) is 0 Å². The number of hydrogen-bond donors (Lipinski definition) is 3. The van der Waals surface area contributed by atoms with Crippen LogP contribution in [-0.4, -0.2) is 64.1 Å². The van der Waals surface area contributed by atoms with Gasteiger partial charge in [-0.25, -0.2) is 0 Å². The Morgan fingerprint density at radius 1 is 1.20 bits per heavy atom. The van der Waals surface area contributed by atoms with Crippen LogP contribution in [0.25, 0.3) is 0 Å². The number of aliphatic hydroxyl groups is 1. The molecule has 2 fully saturated rings. The minimum atomic E-state index is -2.45. The molecule has 9 heteroatoms. The standard InChI is InChI=1S/C21H23IN2O6/c1-24(2)13-7-10(20(23)29)18(27)21(30)11(13)6-8-5-9-12(22)3-4-14(25)16(9)17(26)15(8)19(21)28/h3-4,8,10-11,13,15,25,30H,5-7H2,1-2H3,(H2,23,29)/t8?,10?,11?,13-,15?,21-/m1/s1. The average molecular weight is 526 g/mol. The van der Waals surface area contributed by atoms with Gasteiger partial charge in [0, 0.05) is 15.5 Å². The number of nitrogens with two attached hydrogens (primary N) is 1. The number of phenols is 1. The Morgan fingerprint density at radius 2 is 1.87 bits per heavy atom. The van der Waals surface area contributed by atoms with Crippen molar-refractivity contribution in [3.05, 3.63) is 26.8 Å². The lowest BCUT2D eigenvalue weighted by molar-refractivity contribution is -0.179. The number of benzene rings is 1. The van der Waals surface area contributed by atoms with Crippen LogP contribution in [0, 0.1) is 27.2 Å². The van der Waals surface area contributed by atoms with E-state index in [0.717, 1.165) is 3.57 Å². The van der Waals surface area contributed by atoms with Crippen LogP contribution in [-0.2, 0) is 20.8 Å². The van der Waals surface area contributed by atoms with Gasteiger partial charge in [0.15, 0.2) is 23.0 Å². The molecule has 4 unspecified atom stereocenters. The van der Waals surface area contributed by atoms with Crippen molar-refractivity contribution >= 4 is 45.8 Å². The van der Waals surface area contributed by atoms with Gasteiger partial charge in [-0.3, -0.25) is 19.2 Å². The predicted octanol–water partition coefficient (Wildman–Crippen LogP) is 0.293. The normalized spacial score (nSPS) is 35.6. The van der Waals surface area contributed by atoms with E-state index >= 15 is 0 Å². The van der Waals surface area contributed by atoms with Crippen molar-refractivity contribution < 1.29 is 29.4 Å². The summed E-state index contributed by atoms with van der Waals surface area (Å²) in [7, 11) is 3.52. The third kappa shape index (κ3) is 2.78. The van der Waals surface area contributed by atoms with E-state index in [2.05, 4.69) is 22.6 Å². The van der Waals surface area contributed by atoms with Crippen molar-refractivity contribution in [2.24, 2.45) is 29.4 Å². The first-order chi connectivity index (χ1) is 14.0. The molecule has 0 heterocycles. The van der Waals surface area contributed by atoms with Crippen LogP contribution in [0.1, 0.15) is 28.8 Å². The fourth-order valence-electron chi connectivity index (χ4n) is 5.64. The fraction of sp³-hybridized carbons (Fsp3) is 0.524. The van der Waals surface area contributed by atoms with E-state index in [9.17, 15) is 29.4 Å². The summed E-state index contributed by atoms with van der Waals surface area (Å²) in [6, 6.07) is 2.70. The number of carbonyl (C=O) groups excluding carboxylic acids is 4. The lowest BCUT2D eigenvalue weighted by Gasteiger charge is -2.53. The highest BCUT2D eigenvalue weighted by Crippen LogP contribution is 2.51. The summed E-state index contributed by atoms with van der Waals surface area (Å²) in [6.07, 6.45) is 0.801. The minimum absolute atomic E-state index is 0.0809. The van der Waals surface area contributed by atoms with Gasteiger partial charge in [-0.05, 0) is 79.6 Å². The molecular formula is C21H23IN2O6. The van der Waals surface area contributed by atoms with Gasteiger partial charge in [0.2, 0.25) is 5.91 Å². The maximum atomic E-state index is 13.5. The molecule has 1 aromatic rings. The lowest BCUT2D eigenvalue weighted by Crippen LogP contribution is -2.71. The Kier molecular flexibility index (Phi) is 5.06. The zero-order valence-corrected chi connectivity index (χ0v) is 18.8. The Bertz CT molecular complexity index is 992. The molecule has 160 valence electrons. The van der Waals surface area contributed by atoms with E-state index in [1.165, 1.54) is 6.07 Å². The van der Waals surface area contributed by atoms with E-state index in [1.807, 2.05) is 0 Å². The number of carbonyl (C=O) groups is 4. The Morgan fingerprint density at radius 3 is 2.47 bits per heavy atom. The molecular weight excluding hydrogens is 503 g/mol. The number of aromatic hydroxyl groups is 1. The molecule has 0 saturated heterocycles. The molecule has 0 aliphatic heterocycles. The van der Waals surface area contributed by atoms with Gasteiger partial charge in [0.1, 0.15) is 11.7 Å². The van der Waals surface area contributed by atoms with E-state index in [-0.39, 0.29) is 24.2 Å². The first kappa shape index (κ1) is 21.4. The van der Waals surface area contributed by atoms with Gasteiger partial charge < -0.3 is 20.8 Å². The lowest BCUT2D eigenvalue weighted by atomic mass is 9.52. The summed E-state index contributed by atoms with van der Waals surface area (Å²) in [6.45, 7) is 0. The zero-order valence-electron chi connectivity index (χ0n) is 16.6. The second-order valence-electron chi connectivity index (χ2n) is 8.78. The number of fused-ring (bicyclic) bond motifs is 3. The van der Waals surface area contributed by atoms with Crippen molar-refractivity contribution in [3.8, 4) is 5.75 Å². The van der Waals surface area contributed by atoms with Crippen LogP contribution >= 0.6 is 22.6 Å². The molecule has 0 spiro atoms. The summed E-state index contributed by atoms with van der Waals surface area (Å²) >= 11 is 2.10. The molecule has 30 heavy (non-hydrogen) atoms. The van der Waals surface area contributed by atoms with Crippen LogP contribution in [0.2, 0.25) is 0 Å². The maximum Gasteiger partial charge on any atom is 0.228 e. The van der Waals surface area contributed by atoms with Gasteiger partial charge in [-0.1, -0.05) is 0 Å². The molecule has 4 rings (SSSR count). The molecule has 0 radical (unpaired) electrons. The van der Waals surface area contributed by atoms with Gasteiger partial charge in [0.05, 0.1) is 11.5 Å². The highest BCUT2D eigenvalue weighted by Gasteiger charge is 2.66. The van der Waals surface area contributed by atoms with Crippen molar-refractivity contribution in [3.63, 3.8) is 0 Å². The van der Waals surface area contributed by atoms with E-state index in [1.54, 1.807) is 25.1 Å². The Balaban J connectivity index is 1.85. The second kappa shape index (κ2) is 7.10. The number of ketones is 3. The van der Waals surface area contributed by atoms with Crippen molar-refractivity contribution in [2.45, 2.75) is 30.9 Å². The molecule has 1 amide bonds. The molecule has 8 nitrogen and oxygen atoms in total. The molecule has 6 atom stereocenters. The monoisotopic (exact) mass is 526 g/mol. The predicted molar refractivity (Wildman–Crippen MR) is 114 cm³/mol. The summed E-state index contributed by atoms with van der Waals surface area (Å²) < 4.78 is 0.818. The van der Waals surface area contributed by atoms with Gasteiger partial charge in [0.25, 0.3) is 0 Å². The number of hydrogen-bond acceptors (Lipinski definition) is 7. The minimum Gasteiger partial charge on any atom is -0.507 e. The number of nitrogens with zero attached hydrogens (tertiary/aromatic N) is 1. The summed E-state index contributed by atoms with van der Waals surface area (Å²) in [5.41, 5.74) is 3.73. The van der Waals surface area contributed by atoms with Crippen molar-refractivity contribution in [1.82, 2.24) is 4.90 Å². The maximum absolute atomic E-state index is 13.5. The highest BCUT2D eigenvalue weighted by molar-refractivity contribution is 14.1. The van der Waals surface area contributed by atoms with Crippen LogP contribution in [0.15, 0.2) is 12.1 Å². The number of rotatable bonds is 2. The first-order valence-corrected chi connectivity index (χ1v) is 10.9. The summed E-state index contributed by atoms with van der Waals surface area (Å²) in [5.74, 6) is -7.13. The zero-order chi connectivity index (χ0) is 22.1. The van der Waals surface area contributed by atoms with Crippen LogP contribution < -0.4 is 5.73 Å². The van der Waals surface area contributed by atoms with E-state index in [4.69, 9.17) is 5.73 Å². The SMILES string of the molecule is CN(C)[C@@H]1CC(C(N)=O)C(=O)[C@@]2(O)C(=O)C3C(=O)c4c(O)ccc(I)c4CC3CC12. The van der Waals surface area contributed by atoms with Crippen molar-refractivity contribution in [2.75, 3.05) is 14.1 Å².